The van der Waals surface area contributed by atoms with Crippen molar-refractivity contribution in [3.8, 4) is 0 Å². The van der Waals surface area contributed by atoms with Gasteiger partial charge in [-0.05, 0) is 39.3 Å². The lowest BCUT2D eigenvalue weighted by atomic mass is 10.2. The molecule has 1 aromatic rings. The highest BCUT2D eigenvalue weighted by molar-refractivity contribution is 7.99. The maximum Gasteiger partial charge on any atom is 0.208 e. The SMILES string of the molecule is CCCc1nc(SCC[C@@H]2CCCN2C)n[nH]1. The number of nitrogens with one attached hydrogen (secondary N) is 1. The number of nitrogens with zero attached hydrogens (tertiary/aromatic N) is 3. The van der Waals surface area contributed by atoms with Gasteiger partial charge >= 0.3 is 0 Å². The van der Waals surface area contributed by atoms with Gasteiger partial charge in [0.2, 0.25) is 5.16 Å². The first-order valence-corrected chi connectivity index (χ1v) is 7.52. The van der Waals surface area contributed by atoms with Gasteiger partial charge in [0, 0.05) is 18.2 Å². The highest BCUT2D eigenvalue weighted by atomic mass is 32.2. The lowest BCUT2D eigenvalue weighted by Crippen LogP contribution is -2.25. The molecule has 0 aromatic carbocycles. The van der Waals surface area contributed by atoms with Crippen molar-refractivity contribution in [3.63, 3.8) is 0 Å². The van der Waals surface area contributed by atoms with Gasteiger partial charge in [-0.1, -0.05) is 18.7 Å². The van der Waals surface area contributed by atoms with E-state index in [1.165, 1.54) is 25.8 Å². The summed E-state index contributed by atoms with van der Waals surface area (Å²) in [5.41, 5.74) is 0. The van der Waals surface area contributed by atoms with Crippen LogP contribution in [-0.4, -0.2) is 45.5 Å². The van der Waals surface area contributed by atoms with E-state index in [0.29, 0.717) is 0 Å². The zero-order valence-electron chi connectivity index (χ0n) is 10.8. The average Bonchev–Trinajstić information content (AvgIpc) is 2.90. The van der Waals surface area contributed by atoms with Gasteiger partial charge in [0.15, 0.2) is 0 Å². The van der Waals surface area contributed by atoms with E-state index < -0.39 is 0 Å². The Balaban J connectivity index is 1.70. The van der Waals surface area contributed by atoms with Gasteiger partial charge in [-0.25, -0.2) is 4.98 Å². The fraction of sp³-hybridized carbons (Fsp3) is 0.833. The largest absolute Gasteiger partial charge is 0.303 e. The standard InChI is InChI=1S/C12H22N4S/c1-3-5-11-13-12(15-14-11)17-9-7-10-6-4-8-16(10)2/h10H,3-9H2,1-2H3,(H,13,14,15)/t10-/m0/s1. The van der Waals surface area contributed by atoms with Crippen LogP contribution in [0, 0.1) is 0 Å². The van der Waals surface area contributed by atoms with Gasteiger partial charge in [-0.2, -0.15) is 0 Å². The predicted octanol–water partition coefficient (Wildman–Crippen LogP) is 2.33. The molecule has 1 aliphatic heterocycles. The molecule has 1 fully saturated rings. The molecule has 4 nitrogen and oxygen atoms in total. The normalized spacial score (nSPS) is 21.2. The summed E-state index contributed by atoms with van der Waals surface area (Å²) in [6.07, 6.45) is 6.07. The third kappa shape index (κ3) is 3.71. The van der Waals surface area contributed by atoms with Crippen LogP contribution >= 0.6 is 11.8 Å². The highest BCUT2D eigenvalue weighted by Gasteiger charge is 2.20. The van der Waals surface area contributed by atoms with E-state index in [0.717, 1.165) is 35.6 Å². The number of thioether (sulfide) groups is 1. The fourth-order valence-electron chi connectivity index (χ4n) is 2.32. The molecule has 0 unspecified atom stereocenters. The molecule has 1 atom stereocenters. The number of H-pyrrole nitrogens is 1. The van der Waals surface area contributed by atoms with Crippen LogP contribution in [0.2, 0.25) is 0 Å². The van der Waals surface area contributed by atoms with E-state index in [9.17, 15) is 0 Å². The second-order valence-corrected chi connectivity index (χ2v) is 5.79. The topological polar surface area (TPSA) is 44.8 Å². The minimum Gasteiger partial charge on any atom is -0.303 e. The summed E-state index contributed by atoms with van der Waals surface area (Å²) in [6.45, 7) is 3.42. The fourth-order valence-corrected chi connectivity index (χ4v) is 3.18. The molecule has 1 aliphatic rings. The van der Waals surface area contributed by atoms with Gasteiger partial charge in [0.1, 0.15) is 5.82 Å². The molecule has 0 aliphatic carbocycles. The van der Waals surface area contributed by atoms with Crippen LogP contribution in [-0.2, 0) is 6.42 Å². The van der Waals surface area contributed by atoms with E-state index >= 15 is 0 Å². The minimum absolute atomic E-state index is 0.775. The lowest BCUT2D eigenvalue weighted by Gasteiger charge is -2.18. The van der Waals surface area contributed by atoms with Crippen LogP contribution in [0.4, 0.5) is 0 Å². The molecule has 96 valence electrons. The summed E-state index contributed by atoms with van der Waals surface area (Å²) in [6, 6.07) is 0.775. The maximum atomic E-state index is 4.47. The Bertz CT molecular complexity index is 339. The van der Waals surface area contributed by atoms with Crippen LogP contribution in [0.3, 0.4) is 0 Å². The van der Waals surface area contributed by atoms with Crippen molar-refractivity contribution in [1.29, 1.82) is 0 Å². The van der Waals surface area contributed by atoms with Crippen LogP contribution < -0.4 is 0 Å². The minimum atomic E-state index is 0.775. The van der Waals surface area contributed by atoms with Crippen LogP contribution in [0.25, 0.3) is 0 Å². The molecule has 5 heteroatoms. The van der Waals surface area contributed by atoms with Crippen LogP contribution in [0.1, 0.15) is 38.4 Å². The van der Waals surface area contributed by atoms with E-state index in [1.54, 1.807) is 11.8 Å². The number of hydrogen-bond acceptors (Lipinski definition) is 4. The smallest absolute Gasteiger partial charge is 0.208 e. The van der Waals surface area contributed by atoms with Gasteiger partial charge in [-0.3, -0.25) is 5.10 Å². The van der Waals surface area contributed by atoms with Crippen molar-refractivity contribution >= 4 is 11.8 Å². The average molecular weight is 254 g/mol. The lowest BCUT2D eigenvalue weighted by molar-refractivity contribution is 0.305. The summed E-state index contributed by atoms with van der Waals surface area (Å²) in [7, 11) is 2.23. The van der Waals surface area contributed by atoms with E-state index in [-0.39, 0.29) is 0 Å². The Kier molecular flexibility index (Phi) is 4.86. The van der Waals surface area contributed by atoms with Crippen LogP contribution in [0.5, 0.6) is 0 Å². The van der Waals surface area contributed by atoms with Crippen molar-refractivity contribution in [2.24, 2.45) is 0 Å². The first-order valence-electron chi connectivity index (χ1n) is 6.54. The molecule has 0 amide bonds. The molecule has 0 spiro atoms. The third-order valence-corrected chi connectivity index (χ3v) is 4.23. The first kappa shape index (κ1) is 12.9. The quantitative estimate of drug-likeness (QED) is 0.791. The summed E-state index contributed by atoms with van der Waals surface area (Å²) in [5.74, 6) is 2.14. The Hall–Kier alpha value is -0.550. The van der Waals surface area contributed by atoms with Gasteiger partial charge < -0.3 is 4.90 Å². The molecule has 17 heavy (non-hydrogen) atoms. The summed E-state index contributed by atoms with van der Waals surface area (Å²) < 4.78 is 0. The summed E-state index contributed by atoms with van der Waals surface area (Å²) >= 11 is 1.78. The summed E-state index contributed by atoms with van der Waals surface area (Å²) in [4.78, 5) is 6.94. The van der Waals surface area contributed by atoms with E-state index in [1.807, 2.05) is 0 Å². The zero-order chi connectivity index (χ0) is 12.1. The number of aromatic amines is 1. The zero-order valence-corrected chi connectivity index (χ0v) is 11.6. The van der Waals surface area contributed by atoms with E-state index in [4.69, 9.17) is 0 Å². The Morgan fingerprint density at radius 3 is 3.12 bits per heavy atom. The highest BCUT2D eigenvalue weighted by Crippen LogP contribution is 2.22. The number of likely N-dealkylation sites (tertiary alicyclic amines) is 1. The second kappa shape index (κ2) is 6.40. The third-order valence-electron chi connectivity index (χ3n) is 3.35. The van der Waals surface area contributed by atoms with Crippen molar-refractivity contribution in [2.75, 3.05) is 19.3 Å². The molecule has 1 aromatic heterocycles. The molecule has 1 saturated heterocycles. The van der Waals surface area contributed by atoms with Crippen molar-refractivity contribution in [2.45, 2.75) is 50.2 Å². The molecule has 0 saturated carbocycles. The number of rotatable bonds is 6. The maximum absolute atomic E-state index is 4.47. The van der Waals surface area contributed by atoms with Gasteiger partial charge in [0.05, 0.1) is 0 Å². The molecule has 0 bridgehead atoms. The molecular weight excluding hydrogens is 232 g/mol. The number of aromatic nitrogens is 3. The van der Waals surface area contributed by atoms with Crippen LogP contribution in [0.15, 0.2) is 5.16 Å². The Morgan fingerprint density at radius 2 is 2.41 bits per heavy atom. The molecule has 0 radical (unpaired) electrons. The first-order chi connectivity index (χ1) is 8.29. The van der Waals surface area contributed by atoms with Crippen molar-refractivity contribution < 1.29 is 0 Å². The molecule has 2 heterocycles. The Morgan fingerprint density at radius 1 is 1.53 bits per heavy atom. The number of aryl methyl sites for hydroxylation is 1. The van der Waals surface area contributed by atoms with E-state index in [2.05, 4.69) is 34.1 Å². The van der Waals surface area contributed by atoms with Gasteiger partial charge in [-0.15, -0.1) is 5.10 Å². The second-order valence-electron chi connectivity index (χ2n) is 4.73. The molecular formula is C12H22N4S. The molecule has 1 N–H and O–H groups in total. The predicted molar refractivity (Wildman–Crippen MR) is 71.4 cm³/mol. The van der Waals surface area contributed by atoms with Crippen molar-refractivity contribution in [1.82, 2.24) is 20.1 Å². The molecule has 2 rings (SSSR count). The Labute approximate surface area is 108 Å². The number of hydrogen-bond donors (Lipinski definition) is 1. The monoisotopic (exact) mass is 254 g/mol. The summed E-state index contributed by atoms with van der Waals surface area (Å²) in [5, 5.41) is 8.14. The van der Waals surface area contributed by atoms with Crippen molar-refractivity contribution in [3.05, 3.63) is 5.82 Å². The van der Waals surface area contributed by atoms with Gasteiger partial charge in [0.25, 0.3) is 0 Å².